The van der Waals surface area contributed by atoms with E-state index in [2.05, 4.69) is 14.8 Å². The molecule has 0 unspecified atom stereocenters. The SMILES string of the molecule is Cc1ccc(-c2nc3scc(CCNS(=O)(=O)c4cc(F)ccc4F)n3n2)cc1. The first-order valence-corrected chi connectivity index (χ1v) is 11.0. The molecule has 0 bridgehead atoms. The van der Waals surface area contributed by atoms with E-state index in [1.807, 2.05) is 36.6 Å². The minimum atomic E-state index is -4.17. The van der Waals surface area contributed by atoms with Crippen LogP contribution in [0.4, 0.5) is 8.78 Å². The van der Waals surface area contributed by atoms with Crippen LogP contribution >= 0.6 is 11.3 Å². The number of aromatic nitrogens is 3. The Bertz CT molecular complexity index is 1280. The number of rotatable bonds is 6. The van der Waals surface area contributed by atoms with Crippen LogP contribution in [-0.2, 0) is 16.4 Å². The van der Waals surface area contributed by atoms with Gasteiger partial charge in [0.15, 0.2) is 5.82 Å². The van der Waals surface area contributed by atoms with E-state index in [4.69, 9.17) is 0 Å². The fourth-order valence-electron chi connectivity index (χ4n) is 2.80. The Morgan fingerprint density at radius 3 is 2.66 bits per heavy atom. The quantitative estimate of drug-likeness (QED) is 0.503. The maximum absolute atomic E-state index is 13.8. The molecule has 0 atom stereocenters. The summed E-state index contributed by atoms with van der Waals surface area (Å²) >= 11 is 1.39. The van der Waals surface area contributed by atoms with Gasteiger partial charge >= 0.3 is 0 Å². The van der Waals surface area contributed by atoms with Crippen LogP contribution in [-0.4, -0.2) is 29.6 Å². The van der Waals surface area contributed by atoms with Crippen molar-refractivity contribution in [1.29, 1.82) is 0 Å². The van der Waals surface area contributed by atoms with Crippen molar-refractivity contribution >= 4 is 26.3 Å². The van der Waals surface area contributed by atoms with E-state index in [0.717, 1.165) is 29.0 Å². The van der Waals surface area contributed by atoms with Gasteiger partial charge in [0.25, 0.3) is 0 Å². The summed E-state index contributed by atoms with van der Waals surface area (Å²) in [7, 11) is -4.17. The zero-order chi connectivity index (χ0) is 20.6. The monoisotopic (exact) mass is 434 g/mol. The Kier molecular flexibility index (Phi) is 5.15. The number of fused-ring (bicyclic) bond motifs is 1. The molecule has 0 aliphatic rings. The third-order valence-electron chi connectivity index (χ3n) is 4.32. The first-order valence-electron chi connectivity index (χ1n) is 8.68. The number of nitrogens with one attached hydrogen (secondary N) is 1. The molecule has 4 rings (SSSR count). The molecule has 2 aromatic carbocycles. The molecule has 0 aliphatic heterocycles. The van der Waals surface area contributed by atoms with Gasteiger partial charge in [-0.15, -0.1) is 16.4 Å². The zero-order valence-corrected chi connectivity index (χ0v) is 16.9. The summed E-state index contributed by atoms with van der Waals surface area (Å²) in [5.41, 5.74) is 2.79. The Morgan fingerprint density at radius 1 is 1.14 bits per heavy atom. The third-order valence-corrected chi connectivity index (χ3v) is 6.66. The molecule has 0 fully saturated rings. The molecule has 4 aromatic rings. The molecule has 6 nitrogen and oxygen atoms in total. The van der Waals surface area contributed by atoms with E-state index >= 15 is 0 Å². The Hall–Kier alpha value is -2.69. The predicted octanol–water partition coefficient (Wildman–Crippen LogP) is 3.57. The molecule has 150 valence electrons. The summed E-state index contributed by atoms with van der Waals surface area (Å²) in [5.74, 6) is -1.24. The van der Waals surface area contributed by atoms with Crippen molar-refractivity contribution in [3.05, 3.63) is 70.7 Å². The lowest BCUT2D eigenvalue weighted by Crippen LogP contribution is -2.27. The van der Waals surface area contributed by atoms with E-state index in [1.165, 1.54) is 11.3 Å². The Balaban J connectivity index is 1.50. The highest BCUT2D eigenvalue weighted by Gasteiger charge is 2.20. The minimum Gasteiger partial charge on any atom is -0.211 e. The second kappa shape index (κ2) is 7.62. The second-order valence-electron chi connectivity index (χ2n) is 6.45. The number of aryl methyl sites for hydroxylation is 1. The van der Waals surface area contributed by atoms with E-state index in [-0.39, 0.29) is 6.54 Å². The number of sulfonamides is 1. The van der Waals surface area contributed by atoms with Gasteiger partial charge in [0.05, 0.1) is 5.69 Å². The largest absolute Gasteiger partial charge is 0.243 e. The van der Waals surface area contributed by atoms with Crippen LogP contribution in [0.2, 0.25) is 0 Å². The van der Waals surface area contributed by atoms with Crippen molar-refractivity contribution < 1.29 is 17.2 Å². The van der Waals surface area contributed by atoms with Crippen LogP contribution in [0.1, 0.15) is 11.3 Å². The number of thiazole rings is 1. The lowest BCUT2D eigenvalue weighted by atomic mass is 10.1. The lowest BCUT2D eigenvalue weighted by Gasteiger charge is -2.07. The third kappa shape index (κ3) is 4.04. The summed E-state index contributed by atoms with van der Waals surface area (Å²) in [4.78, 5) is 4.48. The molecular weight excluding hydrogens is 418 g/mol. The van der Waals surface area contributed by atoms with E-state index < -0.39 is 26.6 Å². The molecule has 0 amide bonds. The summed E-state index contributed by atoms with van der Waals surface area (Å²) in [6.07, 6.45) is 0.312. The lowest BCUT2D eigenvalue weighted by molar-refractivity contribution is 0.545. The van der Waals surface area contributed by atoms with Crippen LogP contribution in [0.15, 0.2) is 52.7 Å². The second-order valence-corrected chi connectivity index (χ2v) is 9.02. The van der Waals surface area contributed by atoms with Crippen LogP contribution in [0.3, 0.4) is 0 Å². The van der Waals surface area contributed by atoms with Crippen LogP contribution in [0, 0.1) is 18.6 Å². The smallest absolute Gasteiger partial charge is 0.211 e. The van der Waals surface area contributed by atoms with E-state index in [9.17, 15) is 17.2 Å². The maximum atomic E-state index is 13.8. The highest BCUT2D eigenvalue weighted by molar-refractivity contribution is 7.89. The molecule has 2 heterocycles. The van der Waals surface area contributed by atoms with Gasteiger partial charge < -0.3 is 0 Å². The zero-order valence-electron chi connectivity index (χ0n) is 15.3. The van der Waals surface area contributed by atoms with Gasteiger partial charge in [-0.3, -0.25) is 0 Å². The summed E-state index contributed by atoms with van der Waals surface area (Å²) in [6, 6.07) is 10.1. The standard InChI is InChI=1S/C19H16F2N4O2S2/c1-12-2-4-13(5-3-12)18-23-19-25(24-18)15(11-28-19)8-9-22-29(26,27)17-10-14(20)6-7-16(17)21/h2-7,10-11,22H,8-9H2,1H3. The van der Waals surface area contributed by atoms with Crippen molar-refractivity contribution in [1.82, 2.24) is 19.3 Å². The van der Waals surface area contributed by atoms with Crippen molar-refractivity contribution in [2.45, 2.75) is 18.2 Å². The van der Waals surface area contributed by atoms with Gasteiger partial charge in [0.2, 0.25) is 15.0 Å². The topological polar surface area (TPSA) is 76.4 Å². The molecule has 10 heteroatoms. The molecular formula is C19H16F2N4O2S2. The molecule has 29 heavy (non-hydrogen) atoms. The molecule has 0 spiro atoms. The van der Waals surface area contributed by atoms with E-state index in [0.29, 0.717) is 23.3 Å². The fourth-order valence-corrected chi connectivity index (χ4v) is 4.77. The first kappa shape index (κ1) is 19.6. The van der Waals surface area contributed by atoms with Gasteiger partial charge in [-0.1, -0.05) is 29.8 Å². The number of halogens is 2. The molecule has 1 N–H and O–H groups in total. The molecule has 2 aromatic heterocycles. The van der Waals surface area contributed by atoms with Gasteiger partial charge in [-0.2, -0.15) is 4.98 Å². The summed E-state index contributed by atoms with van der Waals surface area (Å²) in [5, 5.41) is 6.34. The number of hydrogen-bond donors (Lipinski definition) is 1. The van der Waals surface area contributed by atoms with Crippen molar-refractivity contribution in [2.24, 2.45) is 0 Å². The van der Waals surface area contributed by atoms with Gasteiger partial charge in [-0.25, -0.2) is 26.4 Å². The van der Waals surface area contributed by atoms with Crippen LogP contribution in [0.25, 0.3) is 16.3 Å². The predicted molar refractivity (Wildman–Crippen MR) is 106 cm³/mol. The first-order chi connectivity index (χ1) is 13.8. The average Bonchev–Trinajstić information content (AvgIpc) is 3.26. The molecule has 0 aliphatic carbocycles. The number of nitrogens with zero attached hydrogens (tertiary/aromatic N) is 3. The maximum Gasteiger partial charge on any atom is 0.243 e. The summed E-state index contributed by atoms with van der Waals surface area (Å²) in [6.45, 7) is 2.00. The highest BCUT2D eigenvalue weighted by Crippen LogP contribution is 2.22. The van der Waals surface area contributed by atoms with Crippen molar-refractivity contribution in [3.8, 4) is 11.4 Å². The van der Waals surface area contributed by atoms with Crippen LogP contribution in [0.5, 0.6) is 0 Å². The molecule has 0 saturated carbocycles. The van der Waals surface area contributed by atoms with Crippen LogP contribution < -0.4 is 4.72 Å². The van der Waals surface area contributed by atoms with Crippen molar-refractivity contribution in [3.63, 3.8) is 0 Å². The van der Waals surface area contributed by atoms with Gasteiger partial charge in [0.1, 0.15) is 16.5 Å². The van der Waals surface area contributed by atoms with E-state index in [1.54, 1.807) is 4.52 Å². The molecule has 0 radical (unpaired) electrons. The minimum absolute atomic E-state index is 0.00381. The molecule has 0 saturated heterocycles. The van der Waals surface area contributed by atoms with Crippen molar-refractivity contribution in [2.75, 3.05) is 6.54 Å². The Labute approximate surface area is 169 Å². The Morgan fingerprint density at radius 2 is 1.90 bits per heavy atom. The van der Waals surface area contributed by atoms with Gasteiger partial charge in [-0.05, 0) is 25.1 Å². The van der Waals surface area contributed by atoms with Gasteiger partial charge in [0, 0.05) is 23.9 Å². The summed E-state index contributed by atoms with van der Waals surface area (Å²) < 4.78 is 55.5. The fraction of sp³-hybridized carbons (Fsp3) is 0.158. The number of hydrogen-bond acceptors (Lipinski definition) is 5. The number of benzene rings is 2. The average molecular weight is 434 g/mol. The highest BCUT2D eigenvalue weighted by atomic mass is 32.2. The normalized spacial score (nSPS) is 12.0.